The van der Waals surface area contributed by atoms with Crippen LogP contribution in [0.25, 0.3) is 0 Å². The summed E-state index contributed by atoms with van der Waals surface area (Å²) in [5.41, 5.74) is 0. The van der Waals surface area contributed by atoms with Gasteiger partial charge in [-0.2, -0.15) is 22.4 Å². The van der Waals surface area contributed by atoms with Crippen molar-refractivity contribution >= 4 is 35.0 Å². The summed E-state index contributed by atoms with van der Waals surface area (Å²) in [6.07, 6.45) is 0. The Balaban J connectivity index is 2.90. The van der Waals surface area contributed by atoms with Gasteiger partial charge in [-0.1, -0.05) is 19.2 Å². The van der Waals surface area contributed by atoms with Crippen molar-refractivity contribution in [3.8, 4) is 0 Å². The molecule has 0 saturated heterocycles. The Hall–Kier alpha value is 0.207. The van der Waals surface area contributed by atoms with Crippen LogP contribution in [-0.2, 0) is 0 Å². The van der Waals surface area contributed by atoms with Crippen LogP contribution in [-0.4, -0.2) is 7.38 Å². The van der Waals surface area contributed by atoms with Gasteiger partial charge in [-0.3, -0.25) is 0 Å². The van der Waals surface area contributed by atoms with Gasteiger partial charge in [0.05, 0.1) is 0 Å². The highest BCUT2D eigenvalue weighted by molar-refractivity contribution is 7.27. The maximum atomic E-state index is 6.15. The van der Waals surface area contributed by atoms with Gasteiger partial charge in [0.2, 0.25) is 0 Å². The standard InChI is InChI=1S/C6H9ClSSi/c1-9(2,7)6-3-4-8-5-6/h3-5H,1-2H3. The zero-order chi connectivity index (χ0) is 6.91. The minimum Gasteiger partial charge on any atom is -0.161 e. The molecule has 0 radical (unpaired) electrons. The molecule has 9 heavy (non-hydrogen) atoms. The van der Waals surface area contributed by atoms with Crippen molar-refractivity contribution in [2.24, 2.45) is 0 Å². The number of hydrogen-bond donors (Lipinski definition) is 0. The average Bonchev–Trinajstić information content (AvgIpc) is 2.08. The smallest absolute Gasteiger partial charge is 0.161 e. The van der Waals surface area contributed by atoms with Crippen LogP contribution in [0.2, 0.25) is 13.1 Å². The van der Waals surface area contributed by atoms with E-state index in [4.69, 9.17) is 11.1 Å². The molecule has 0 nitrogen and oxygen atoms in total. The lowest BCUT2D eigenvalue weighted by molar-refractivity contribution is 1.91. The van der Waals surface area contributed by atoms with Crippen molar-refractivity contribution < 1.29 is 0 Å². The topological polar surface area (TPSA) is 0 Å². The fourth-order valence-electron chi connectivity index (χ4n) is 0.603. The zero-order valence-electron chi connectivity index (χ0n) is 5.52. The Morgan fingerprint density at radius 2 is 2.22 bits per heavy atom. The molecule has 0 atom stereocenters. The van der Waals surface area contributed by atoms with E-state index in [0.717, 1.165) is 0 Å². The van der Waals surface area contributed by atoms with Gasteiger partial charge >= 0.3 is 0 Å². The third kappa shape index (κ3) is 1.81. The van der Waals surface area contributed by atoms with Gasteiger partial charge in [0.25, 0.3) is 0 Å². The highest BCUT2D eigenvalue weighted by Gasteiger charge is 2.19. The van der Waals surface area contributed by atoms with E-state index < -0.39 is 7.38 Å². The van der Waals surface area contributed by atoms with E-state index in [0.29, 0.717) is 0 Å². The number of thiophene rings is 1. The molecular weight excluding hydrogens is 168 g/mol. The van der Waals surface area contributed by atoms with Crippen LogP contribution in [0.15, 0.2) is 16.8 Å². The minimum atomic E-state index is -1.50. The van der Waals surface area contributed by atoms with Crippen LogP contribution in [0.1, 0.15) is 0 Å². The molecule has 1 aromatic heterocycles. The van der Waals surface area contributed by atoms with E-state index in [1.54, 1.807) is 11.3 Å². The summed E-state index contributed by atoms with van der Waals surface area (Å²) < 4.78 is 0. The molecule has 1 heterocycles. The normalized spacial score (nSPS) is 11.9. The second-order valence-electron chi connectivity index (χ2n) is 2.48. The second kappa shape index (κ2) is 2.44. The molecule has 0 aromatic carbocycles. The van der Waals surface area contributed by atoms with Crippen molar-refractivity contribution in [2.75, 3.05) is 0 Å². The molecule has 0 aliphatic rings. The lowest BCUT2D eigenvalue weighted by Crippen LogP contribution is -2.33. The molecule has 0 N–H and O–H groups in total. The first-order valence-corrected chi connectivity index (χ1v) is 7.78. The quantitative estimate of drug-likeness (QED) is 0.456. The van der Waals surface area contributed by atoms with Crippen LogP contribution < -0.4 is 5.19 Å². The molecular formula is C6H9ClSSi. The highest BCUT2D eigenvalue weighted by atomic mass is 35.6. The Kier molecular flexibility index (Phi) is 1.99. The minimum absolute atomic E-state index is 1.34. The van der Waals surface area contributed by atoms with E-state index in [9.17, 15) is 0 Å². The Morgan fingerprint density at radius 1 is 1.56 bits per heavy atom. The fraction of sp³-hybridized carbons (Fsp3) is 0.333. The number of hydrogen-bond acceptors (Lipinski definition) is 1. The van der Waals surface area contributed by atoms with Crippen LogP contribution >= 0.6 is 22.4 Å². The van der Waals surface area contributed by atoms with Crippen LogP contribution in [0.4, 0.5) is 0 Å². The summed E-state index contributed by atoms with van der Waals surface area (Å²) in [5.74, 6) is 0. The van der Waals surface area contributed by atoms with Gasteiger partial charge in [-0.15, -0.1) is 0 Å². The molecule has 50 valence electrons. The van der Waals surface area contributed by atoms with Crippen LogP contribution in [0, 0.1) is 0 Å². The van der Waals surface area contributed by atoms with Gasteiger partial charge in [-0.25, -0.2) is 0 Å². The lowest BCUT2D eigenvalue weighted by Gasteiger charge is -2.08. The van der Waals surface area contributed by atoms with Crippen LogP contribution in [0.3, 0.4) is 0 Å². The predicted octanol–water partition coefficient (Wildman–Crippen LogP) is 2.40. The van der Waals surface area contributed by atoms with Gasteiger partial charge in [0.1, 0.15) is 0 Å². The molecule has 0 bridgehead atoms. The Bertz CT molecular complexity index is 175. The first-order chi connectivity index (χ1) is 4.11. The van der Waals surface area contributed by atoms with Gasteiger partial charge < -0.3 is 0 Å². The third-order valence-corrected chi connectivity index (χ3v) is 4.44. The van der Waals surface area contributed by atoms with E-state index in [-0.39, 0.29) is 0 Å². The van der Waals surface area contributed by atoms with Gasteiger partial charge in [0, 0.05) is 0 Å². The second-order valence-corrected chi connectivity index (χ2v) is 9.62. The summed E-state index contributed by atoms with van der Waals surface area (Å²) in [6.45, 7) is 4.27. The molecule has 0 amide bonds. The van der Waals surface area contributed by atoms with Crippen molar-refractivity contribution in [1.29, 1.82) is 0 Å². The number of rotatable bonds is 1. The lowest BCUT2D eigenvalue weighted by atomic mass is 10.7. The predicted molar refractivity (Wildman–Crippen MR) is 47.3 cm³/mol. The monoisotopic (exact) mass is 176 g/mol. The Labute approximate surface area is 65.2 Å². The maximum absolute atomic E-state index is 6.15. The SMILES string of the molecule is C[Si](C)(Cl)c1ccsc1. The third-order valence-electron chi connectivity index (χ3n) is 1.21. The fourth-order valence-corrected chi connectivity index (χ4v) is 3.65. The summed E-state index contributed by atoms with van der Waals surface area (Å²) in [5, 5.41) is 5.56. The molecule has 0 spiro atoms. The molecule has 0 saturated carbocycles. The van der Waals surface area contributed by atoms with E-state index >= 15 is 0 Å². The zero-order valence-corrected chi connectivity index (χ0v) is 8.09. The van der Waals surface area contributed by atoms with E-state index in [1.165, 1.54) is 5.19 Å². The highest BCUT2D eigenvalue weighted by Crippen LogP contribution is 2.09. The molecule has 0 aliphatic carbocycles. The van der Waals surface area contributed by atoms with Crippen molar-refractivity contribution in [2.45, 2.75) is 13.1 Å². The van der Waals surface area contributed by atoms with Crippen molar-refractivity contribution in [1.82, 2.24) is 0 Å². The Morgan fingerprint density at radius 3 is 2.44 bits per heavy atom. The van der Waals surface area contributed by atoms with Gasteiger partial charge in [0.15, 0.2) is 7.38 Å². The van der Waals surface area contributed by atoms with Gasteiger partial charge in [-0.05, 0) is 15.9 Å². The first-order valence-electron chi connectivity index (χ1n) is 2.82. The summed E-state index contributed by atoms with van der Waals surface area (Å²) in [4.78, 5) is 0. The summed E-state index contributed by atoms with van der Waals surface area (Å²) in [6, 6.07) is 2.11. The van der Waals surface area contributed by atoms with Crippen LogP contribution in [0.5, 0.6) is 0 Å². The average molecular weight is 177 g/mol. The molecule has 0 fully saturated rings. The summed E-state index contributed by atoms with van der Waals surface area (Å²) >= 11 is 7.86. The van der Waals surface area contributed by atoms with E-state index in [1.807, 2.05) is 0 Å². The maximum Gasteiger partial charge on any atom is 0.181 e. The molecule has 3 heteroatoms. The number of halogens is 1. The van der Waals surface area contributed by atoms with Crippen molar-refractivity contribution in [3.63, 3.8) is 0 Å². The largest absolute Gasteiger partial charge is 0.181 e. The molecule has 0 unspecified atom stereocenters. The molecule has 0 aliphatic heterocycles. The molecule has 1 aromatic rings. The molecule has 1 rings (SSSR count). The van der Waals surface area contributed by atoms with E-state index in [2.05, 4.69) is 29.9 Å². The first kappa shape index (κ1) is 7.32. The van der Waals surface area contributed by atoms with Crippen molar-refractivity contribution in [3.05, 3.63) is 16.8 Å². The summed E-state index contributed by atoms with van der Waals surface area (Å²) in [7, 11) is -1.50.